The maximum absolute atomic E-state index is 5.18. The van der Waals surface area contributed by atoms with Crippen LogP contribution in [0.3, 0.4) is 0 Å². The Hall–Kier alpha value is -6.45. The van der Waals surface area contributed by atoms with E-state index < -0.39 is 0 Å². The van der Waals surface area contributed by atoms with Gasteiger partial charge in [0.25, 0.3) is 0 Å². The molecule has 3 heteroatoms. The van der Waals surface area contributed by atoms with Gasteiger partial charge in [0, 0.05) is 39.2 Å². The lowest BCUT2D eigenvalue weighted by molar-refractivity contribution is 0.877. The van der Waals surface area contributed by atoms with Gasteiger partial charge in [-0.3, -0.25) is 0 Å². The molecule has 0 saturated heterocycles. The van der Waals surface area contributed by atoms with E-state index in [1.807, 2.05) is 13.8 Å². The molecule has 0 N–H and O–H groups in total. The molecule has 2 aliphatic rings. The fourth-order valence-corrected chi connectivity index (χ4v) is 8.19. The molecule has 3 nitrogen and oxygen atoms in total. The van der Waals surface area contributed by atoms with Crippen LogP contribution in [0.2, 0.25) is 0 Å². The molecule has 0 bridgehead atoms. The second-order valence-electron chi connectivity index (χ2n) is 13.8. The summed E-state index contributed by atoms with van der Waals surface area (Å²) in [6.07, 6.45) is 13.3. The van der Waals surface area contributed by atoms with Crippen molar-refractivity contribution in [2.75, 3.05) is 0 Å². The van der Waals surface area contributed by atoms with Crippen LogP contribution < -0.4 is 0 Å². The van der Waals surface area contributed by atoms with Crippen LogP contribution in [0.25, 0.3) is 79.3 Å². The molecule has 3 aromatic heterocycles. The third-order valence-corrected chi connectivity index (χ3v) is 10.7. The summed E-state index contributed by atoms with van der Waals surface area (Å²) in [4.78, 5) is 5.18. The van der Waals surface area contributed by atoms with Crippen LogP contribution in [0.15, 0.2) is 164 Å². The number of benzene rings is 5. The van der Waals surface area contributed by atoms with Crippen molar-refractivity contribution < 1.29 is 0 Å². The molecule has 262 valence electrons. The normalized spacial score (nSPS) is 12.9. The third-order valence-electron chi connectivity index (χ3n) is 10.7. The fraction of sp³-hybridized carbons (Fsp3) is 0.118. The standard InChI is InChI=1S/C49H37N3.C2H6/c1-3-14-35(15-4-1)44-32-41(33-45(50-44)36-16-5-2-6-17-36)52-46-23-10-7-18-39(46)31-49(52)37-28-26-34(27-29-37)38-19-13-20-40(30-38)51-47-24-11-8-21-42(47)43-22-9-12-25-48(43)51;1-2/h1-9,11,13-22,24,26-33H,10,12,23,25H2;1-2H3. The van der Waals surface area contributed by atoms with E-state index >= 15 is 0 Å². The minimum absolute atomic E-state index is 0.972. The summed E-state index contributed by atoms with van der Waals surface area (Å²) in [5, 5.41) is 1.32. The summed E-state index contributed by atoms with van der Waals surface area (Å²) in [6, 6.07) is 54.9. The van der Waals surface area contributed by atoms with E-state index in [0.717, 1.165) is 53.9 Å². The molecule has 0 fully saturated rings. The molecule has 3 heterocycles. The Morgan fingerprint density at radius 1 is 0.463 bits per heavy atom. The minimum Gasteiger partial charge on any atom is -0.313 e. The van der Waals surface area contributed by atoms with Gasteiger partial charge >= 0.3 is 0 Å². The van der Waals surface area contributed by atoms with E-state index in [1.165, 1.54) is 61.5 Å². The van der Waals surface area contributed by atoms with Gasteiger partial charge in [-0.15, -0.1) is 0 Å². The molecule has 0 atom stereocenters. The quantitative estimate of drug-likeness (QED) is 0.170. The van der Waals surface area contributed by atoms with Crippen molar-refractivity contribution in [3.05, 3.63) is 186 Å². The first-order valence-electron chi connectivity index (χ1n) is 19.3. The van der Waals surface area contributed by atoms with Gasteiger partial charge in [-0.05, 0) is 84.3 Å². The van der Waals surface area contributed by atoms with Crippen LogP contribution in [0.4, 0.5) is 0 Å². The van der Waals surface area contributed by atoms with Crippen LogP contribution in [0.1, 0.15) is 49.2 Å². The zero-order valence-corrected chi connectivity index (χ0v) is 30.9. The average Bonchev–Trinajstić information content (AvgIpc) is 3.82. The summed E-state index contributed by atoms with van der Waals surface area (Å²) < 4.78 is 4.95. The number of hydrogen-bond acceptors (Lipinski definition) is 1. The molecular weight excluding hydrogens is 655 g/mol. The highest BCUT2D eigenvalue weighted by molar-refractivity contribution is 5.93. The molecule has 5 aromatic carbocycles. The van der Waals surface area contributed by atoms with Crippen LogP contribution in [0, 0.1) is 0 Å². The summed E-state index contributed by atoms with van der Waals surface area (Å²) >= 11 is 0. The van der Waals surface area contributed by atoms with Crippen molar-refractivity contribution in [1.29, 1.82) is 0 Å². The monoisotopic (exact) mass is 697 g/mol. The first-order chi connectivity index (χ1) is 26.8. The van der Waals surface area contributed by atoms with Crippen molar-refractivity contribution in [2.24, 2.45) is 0 Å². The number of hydrogen-bond donors (Lipinski definition) is 0. The van der Waals surface area contributed by atoms with Gasteiger partial charge in [0.1, 0.15) is 0 Å². The molecule has 0 aliphatic heterocycles. The molecule has 0 spiro atoms. The van der Waals surface area contributed by atoms with Gasteiger partial charge in [0.15, 0.2) is 0 Å². The highest BCUT2D eigenvalue weighted by Crippen LogP contribution is 2.38. The molecule has 0 radical (unpaired) electrons. The van der Waals surface area contributed by atoms with E-state index in [9.17, 15) is 0 Å². The maximum atomic E-state index is 5.18. The van der Waals surface area contributed by atoms with Crippen molar-refractivity contribution in [2.45, 2.75) is 39.5 Å². The average molecular weight is 698 g/mol. The number of allylic oxidation sites excluding steroid dienone is 2. The highest BCUT2D eigenvalue weighted by Gasteiger charge is 2.21. The Bertz CT molecular complexity index is 2590. The second kappa shape index (κ2) is 14.5. The Morgan fingerprint density at radius 3 is 1.80 bits per heavy atom. The summed E-state index contributed by atoms with van der Waals surface area (Å²) in [6.45, 7) is 4.00. The van der Waals surface area contributed by atoms with E-state index in [4.69, 9.17) is 4.98 Å². The minimum atomic E-state index is 0.972. The van der Waals surface area contributed by atoms with Gasteiger partial charge < -0.3 is 9.13 Å². The zero-order chi connectivity index (χ0) is 36.4. The Morgan fingerprint density at radius 2 is 1.07 bits per heavy atom. The molecular formula is C51H43N3. The lowest BCUT2D eigenvalue weighted by Crippen LogP contribution is -2.06. The van der Waals surface area contributed by atoms with E-state index in [1.54, 1.807) is 0 Å². The molecule has 54 heavy (non-hydrogen) atoms. The third kappa shape index (κ3) is 6.02. The first-order valence-corrected chi connectivity index (χ1v) is 19.3. The molecule has 0 amide bonds. The van der Waals surface area contributed by atoms with Crippen LogP contribution in [-0.4, -0.2) is 14.1 Å². The van der Waals surface area contributed by atoms with Gasteiger partial charge in [0.2, 0.25) is 0 Å². The molecule has 10 rings (SSSR count). The van der Waals surface area contributed by atoms with Crippen molar-refractivity contribution in [3.63, 3.8) is 0 Å². The maximum Gasteiger partial charge on any atom is 0.0730 e. The second-order valence-corrected chi connectivity index (χ2v) is 13.8. The van der Waals surface area contributed by atoms with Gasteiger partial charge in [0.05, 0.1) is 28.3 Å². The van der Waals surface area contributed by atoms with Crippen molar-refractivity contribution in [3.8, 4) is 56.3 Å². The SMILES string of the molecule is C1=Cc2cc(-c3ccc(-c4cccc(-n5c6c(c7ccccc75)C=CCC6)c4)cc3)n(-c3cc(-c4ccccc4)nc(-c4ccccc4)c3)c2CC1.CC. The fourth-order valence-electron chi connectivity index (χ4n) is 8.19. The van der Waals surface area contributed by atoms with E-state index in [0.29, 0.717) is 0 Å². The summed E-state index contributed by atoms with van der Waals surface area (Å²) in [5.41, 5.74) is 18.0. The van der Waals surface area contributed by atoms with E-state index in [-0.39, 0.29) is 0 Å². The Balaban J connectivity index is 0.00000189. The predicted octanol–water partition coefficient (Wildman–Crippen LogP) is 13.4. The first kappa shape index (κ1) is 33.4. The molecule has 2 aliphatic carbocycles. The van der Waals surface area contributed by atoms with Gasteiger partial charge in [-0.25, -0.2) is 4.98 Å². The lowest BCUT2D eigenvalue weighted by atomic mass is 10.0. The zero-order valence-electron chi connectivity index (χ0n) is 30.9. The van der Waals surface area contributed by atoms with Crippen LogP contribution >= 0.6 is 0 Å². The molecule has 0 unspecified atom stereocenters. The predicted molar refractivity (Wildman–Crippen MR) is 228 cm³/mol. The lowest BCUT2D eigenvalue weighted by Gasteiger charge is -2.18. The smallest absolute Gasteiger partial charge is 0.0730 e. The van der Waals surface area contributed by atoms with Gasteiger partial charge in [-0.2, -0.15) is 0 Å². The van der Waals surface area contributed by atoms with Crippen molar-refractivity contribution in [1.82, 2.24) is 14.1 Å². The number of nitrogens with zero attached hydrogens (tertiary/aromatic N) is 3. The highest BCUT2D eigenvalue weighted by atomic mass is 15.0. The topological polar surface area (TPSA) is 22.8 Å². The van der Waals surface area contributed by atoms with Crippen LogP contribution in [0.5, 0.6) is 0 Å². The number of fused-ring (bicyclic) bond motifs is 4. The van der Waals surface area contributed by atoms with Gasteiger partial charge in [-0.1, -0.05) is 153 Å². The number of para-hydroxylation sites is 1. The molecule has 0 saturated carbocycles. The van der Waals surface area contributed by atoms with Crippen molar-refractivity contribution >= 4 is 23.1 Å². The Kier molecular flexibility index (Phi) is 8.98. The largest absolute Gasteiger partial charge is 0.313 e. The van der Waals surface area contributed by atoms with Crippen LogP contribution in [-0.2, 0) is 12.8 Å². The number of pyridine rings is 1. The summed E-state index contributed by atoms with van der Waals surface area (Å²) in [5.74, 6) is 0. The Labute approximate surface area is 318 Å². The van der Waals surface area contributed by atoms with E-state index in [2.05, 4.69) is 185 Å². The molecule has 8 aromatic rings. The number of aromatic nitrogens is 3. The number of rotatable bonds is 6. The summed E-state index contributed by atoms with van der Waals surface area (Å²) in [7, 11) is 0.